The molecule has 0 bridgehead atoms. The second-order valence-electron chi connectivity index (χ2n) is 4.99. The lowest BCUT2D eigenvalue weighted by molar-refractivity contribution is 0.574. The topological polar surface area (TPSA) is 45.0 Å². The van der Waals surface area contributed by atoms with Crippen molar-refractivity contribution in [1.82, 2.24) is 4.98 Å². The van der Waals surface area contributed by atoms with Crippen LogP contribution in [0.5, 0.6) is 0 Å². The first-order valence-electron chi connectivity index (χ1n) is 6.32. The molecule has 3 N–H and O–H groups in total. The third kappa shape index (κ3) is 1.71. The van der Waals surface area contributed by atoms with Crippen molar-refractivity contribution in [2.24, 2.45) is 5.73 Å². The van der Waals surface area contributed by atoms with Gasteiger partial charge in [-0.25, -0.2) is 0 Å². The summed E-state index contributed by atoms with van der Waals surface area (Å²) in [5, 5.41) is 1.29. The number of hydrogen-bond acceptors (Lipinski definition) is 2. The number of likely N-dealkylation sites (N-methyl/N-ethyl adjacent to an activating group) is 1. The van der Waals surface area contributed by atoms with Crippen molar-refractivity contribution < 1.29 is 0 Å². The monoisotopic (exact) mass is 229 g/mol. The van der Waals surface area contributed by atoms with Crippen LogP contribution in [0.2, 0.25) is 0 Å². The Labute approximate surface area is 102 Å². The summed E-state index contributed by atoms with van der Waals surface area (Å²) in [6.07, 6.45) is 5.70. The largest absolute Gasteiger partial charge is 0.368 e. The molecule has 1 aromatic carbocycles. The van der Waals surface area contributed by atoms with E-state index < -0.39 is 0 Å². The smallest absolute Gasteiger partial charge is 0.0624 e. The van der Waals surface area contributed by atoms with E-state index >= 15 is 0 Å². The second kappa shape index (κ2) is 4.08. The standard InChI is InChI=1S/C14H19N3/c1-17(13-8-4-6-11(13)15)14-9-16-12-7-3-2-5-10(12)14/h2-3,5,7,9,11,13,16H,4,6,8,15H2,1H3. The molecule has 0 aliphatic heterocycles. The summed E-state index contributed by atoms with van der Waals surface area (Å²) in [6.45, 7) is 0. The normalized spacial score (nSPS) is 24.4. The van der Waals surface area contributed by atoms with E-state index in [9.17, 15) is 0 Å². The first-order valence-corrected chi connectivity index (χ1v) is 6.32. The van der Waals surface area contributed by atoms with Gasteiger partial charge < -0.3 is 15.6 Å². The maximum Gasteiger partial charge on any atom is 0.0624 e. The number of hydrogen-bond donors (Lipinski definition) is 2. The predicted molar refractivity (Wildman–Crippen MR) is 72.3 cm³/mol. The van der Waals surface area contributed by atoms with Gasteiger partial charge in [0, 0.05) is 36.2 Å². The van der Waals surface area contributed by atoms with Crippen LogP contribution in [0.3, 0.4) is 0 Å². The zero-order valence-corrected chi connectivity index (χ0v) is 10.2. The number of nitrogens with two attached hydrogens (primary N) is 1. The number of rotatable bonds is 2. The van der Waals surface area contributed by atoms with E-state index in [1.165, 1.54) is 29.4 Å². The lowest BCUT2D eigenvalue weighted by Crippen LogP contribution is -2.42. The van der Waals surface area contributed by atoms with Crippen molar-refractivity contribution in [3.63, 3.8) is 0 Å². The number of H-pyrrole nitrogens is 1. The Hall–Kier alpha value is -1.48. The predicted octanol–water partition coefficient (Wildman–Crippen LogP) is 2.48. The quantitative estimate of drug-likeness (QED) is 0.831. The average Bonchev–Trinajstić information content (AvgIpc) is 2.94. The highest BCUT2D eigenvalue weighted by molar-refractivity contribution is 5.92. The van der Waals surface area contributed by atoms with Crippen LogP contribution >= 0.6 is 0 Å². The SMILES string of the molecule is CN(c1c[nH]c2ccccc12)C1CCCC1N. The minimum Gasteiger partial charge on any atom is -0.368 e. The van der Waals surface area contributed by atoms with Crippen LogP contribution in [-0.4, -0.2) is 24.1 Å². The van der Waals surface area contributed by atoms with Gasteiger partial charge in [-0.2, -0.15) is 0 Å². The number of aromatic amines is 1. The molecule has 0 spiro atoms. The molecular formula is C14H19N3. The zero-order valence-electron chi connectivity index (χ0n) is 10.2. The Bertz CT molecular complexity index is 517. The Morgan fingerprint density at radius 3 is 2.88 bits per heavy atom. The van der Waals surface area contributed by atoms with Crippen molar-refractivity contribution >= 4 is 16.6 Å². The van der Waals surface area contributed by atoms with E-state index in [2.05, 4.69) is 47.4 Å². The summed E-state index contributed by atoms with van der Waals surface area (Å²) in [5.41, 5.74) is 8.64. The van der Waals surface area contributed by atoms with Crippen LogP contribution in [0, 0.1) is 0 Å². The summed E-state index contributed by atoms with van der Waals surface area (Å²) in [6, 6.07) is 9.22. The molecule has 3 nitrogen and oxygen atoms in total. The average molecular weight is 229 g/mol. The van der Waals surface area contributed by atoms with Gasteiger partial charge in [0.25, 0.3) is 0 Å². The minimum absolute atomic E-state index is 0.314. The number of aromatic nitrogens is 1. The minimum atomic E-state index is 0.314. The Morgan fingerprint density at radius 2 is 2.12 bits per heavy atom. The molecule has 3 rings (SSSR count). The van der Waals surface area contributed by atoms with Crippen molar-refractivity contribution in [2.45, 2.75) is 31.3 Å². The maximum atomic E-state index is 6.18. The van der Waals surface area contributed by atoms with Gasteiger partial charge in [0.1, 0.15) is 0 Å². The molecule has 1 aliphatic rings. The molecule has 2 aromatic rings. The highest BCUT2D eigenvalue weighted by Gasteiger charge is 2.28. The van der Waals surface area contributed by atoms with Gasteiger partial charge in [-0.05, 0) is 25.3 Å². The van der Waals surface area contributed by atoms with Crippen LogP contribution in [0.15, 0.2) is 30.5 Å². The van der Waals surface area contributed by atoms with E-state index in [4.69, 9.17) is 5.73 Å². The number of nitrogens with zero attached hydrogens (tertiary/aromatic N) is 1. The summed E-state index contributed by atoms with van der Waals surface area (Å²) in [5.74, 6) is 0. The van der Waals surface area contributed by atoms with Gasteiger partial charge in [-0.3, -0.25) is 0 Å². The Balaban J connectivity index is 1.98. The highest BCUT2D eigenvalue weighted by Crippen LogP contribution is 2.31. The van der Waals surface area contributed by atoms with Gasteiger partial charge >= 0.3 is 0 Å². The number of anilines is 1. The van der Waals surface area contributed by atoms with Crippen LogP contribution < -0.4 is 10.6 Å². The van der Waals surface area contributed by atoms with Crippen molar-refractivity contribution in [2.75, 3.05) is 11.9 Å². The molecule has 0 amide bonds. The molecule has 1 heterocycles. The van der Waals surface area contributed by atoms with Crippen LogP contribution in [0.4, 0.5) is 5.69 Å². The van der Waals surface area contributed by atoms with Crippen molar-refractivity contribution in [3.05, 3.63) is 30.5 Å². The molecule has 17 heavy (non-hydrogen) atoms. The van der Waals surface area contributed by atoms with Gasteiger partial charge in [0.2, 0.25) is 0 Å². The first kappa shape index (κ1) is 10.7. The van der Waals surface area contributed by atoms with E-state index in [1.54, 1.807) is 0 Å². The third-order valence-corrected chi connectivity index (χ3v) is 3.98. The van der Waals surface area contributed by atoms with E-state index in [0.29, 0.717) is 12.1 Å². The fourth-order valence-electron chi connectivity index (χ4n) is 2.98. The number of nitrogens with one attached hydrogen (secondary N) is 1. The molecule has 1 aromatic heterocycles. The van der Waals surface area contributed by atoms with Crippen molar-refractivity contribution in [1.29, 1.82) is 0 Å². The molecule has 1 aliphatic carbocycles. The highest BCUT2D eigenvalue weighted by atomic mass is 15.2. The zero-order chi connectivity index (χ0) is 11.8. The van der Waals surface area contributed by atoms with Crippen LogP contribution in [-0.2, 0) is 0 Å². The fourth-order valence-corrected chi connectivity index (χ4v) is 2.98. The van der Waals surface area contributed by atoms with E-state index in [0.717, 1.165) is 6.42 Å². The van der Waals surface area contributed by atoms with Crippen molar-refractivity contribution in [3.8, 4) is 0 Å². The molecule has 0 radical (unpaired) electrons. The molecule has 1 saturated carbocycles. The second-order valence-corrected chi connectivity index (χ2v) is 4.99. The molecule has 3 heteroatoms. The Kier molecular flexibility index (Phi) is 2.56. The van der Waals surface area contributed by atoms with E-state index in [1.807, 2.05) is 0 Å². The maximum absolute atomic E-state index is 6.18. The third-order valence-electron chi connectivity index (χ3n) is 3.98. The van der Waals surface area contributed by atoms with Gasteiger partial charge in [0.15, 0.2) is 0 Å². The van der Waals surface area contributed by atoms with Crippen LogP contribution in [0.1, 0.15) is 19.3 Å². The molecule has 2 unspecified atom stereocenters. The molecular weight excluding hydrogens is 210 g/mol. The number of benzene rings is 1. The summed E-state index contributed by atoms with van der Waals surface area (Å²) in [4.78, 5) is 5.67. The van der Waals surface area contributed by atoms with E-state index in [-0.39, 0.29) is 0 Å². The molecule has 90 valence electrons. The summed E-state index contributed by atoms with van der Waals surface area (Å²) < 4.78 is 0. The van der Waals surface area contributed by atoms with Gasteiger partial charge in [-0.15, -0.1) is 0 Å². The summed E-state index contributed by atoms with van der Waals surface area (Å²) in [7, 11) is 2.16. The summed E-state index contributed by atoms with van der Waals surface area (Å²) >= 11 is 0. The Morgan fingerprint density at radius 1 is 1.29 bits per heavy atom. The number of fused-ring (bicyclic) bond motifs is 1. The molecule has 1 fully saturated rings. The fraction of sp³-hybridized carbons (Fsp3) is 0.429. The number of para-hydroxylation sites is 1. The first-order chi connectivity index (χ1) is 8.27. The lowest BCUT2D eigenvalue weighted by atomic mass is 10.1. The van der Waals surface area contributed by atoms with Gasteiger partial charge in [0.05, 0.1) is 5.69 Å². The lowest BCUT2D eigenvalue weighted by Gasteiger charge is -2.29. The van der Waals surface area contributed by atoms with Crippen LogP contribution in [0.25, 0.3) is 10.9 Å². The van der Waals surface area contributed by atoms with Gasteiger partial charge in [-0.1, -0.05) is 18.2 Å². The molecule has 2 atom stereocenters. The molecule has 0 saturated heterocycles.